The van der Waals surface area contributed by atoms with Crippen molar-refractivity contribution >= 4 is 27.7 Å². The Hall–Kier alpha value is -1.01. The zero-order valence-electron chi connectivity index (χ0n) is 11.6. The molecule has 0 saturated heterocycles. The van der Waals surface area contributed by atoms with Crippen LogP contribution in [0.15, 0.2) is 29.2 Å². The fourth-order valence-corrected chi connectivity index (χ4v) is 4.88. The first-order valence-corrected chi connectivity index (χ1v) is 9.32. The zero-order chi connectivity index (χ0) is 14.8. The number of sulfonamides is 1. The van der Waals surface area contributed by atoms with Gasteiger partial charge in [0.05, 0.1) is 11.7 Å². The molecule has 6 heteroatoms. The van der Waals surface area contributed by atoms with Gasteiger partial charge in [-0.15, -0.1) is 11.8 Å². The van der Waals surface area contributed by atoms with Crippen molar-refractivity contribution in [3.8, 4) is 0 Å². The average molecular weight is 313 g/mol. The fourth-order valence-electron chi connectivity index (χ4n) is 2.14. The second-order valence-electron chi connectivity index (χ2n) is 5.16. The molecular weight excluding hydrogens is 294 g/mol. The van der Waals surface area contributed by atoms with Crippen molar-refractivity contribution in [1.29, 1.82) is 0 Å². The minimum Gasteiger partial charge on any atom is -0.273 e. The standard InChI is InChI=1S/C14H19NO3S2/c1-3-10(2)9-20(17,18)15-14(16)12-8-19-13-7-5-4-6-11(12)13/h4-7,10,12H,3,8-9H2,1-2H3,(H,15,16). The highest BCUT2D eigenvalue weighted by molar-refractivity contribution is 7.99. The van der Waals surface area contributed by atoms with E-state index in [1.807, 2.05) is 38.1 Å². The van der Waals surface area contributed by atoms with E-state index in [-0.39, 0.29) is 17.6 Å². The van der Waals surface area contributed by atoms with Crippen molar-refractivity contribution < 1.29 is 13.2 Å². The second kappa shape index (κ2) is 6.18. The van der Waals surface area contributed by atoms with Gasteiger partial charge in [0, 0.05) is 10.6 Å². The molecule has 0 spiro atoms. The summed E-state index contributed by atoms with van der Waals surface area (Å²) in [7, 11) is -3.54. The number of fused-ring (bicyclic) bond motifs is 1. The second-order valence-corrected chi connectivity index (χ2v) is 7.99. The van der Waals surface area contributed by atoms with E-state index in [1.54, 1.807) is 11.8 Å². The number of amides is 1. The summed E-state index contributed by atoms with van der Waals surface area (Å²) in [6.45, 7) is 3.80. The minimum absolute atomic E-state index is 0.00322. The van der Waals surface area contributed by atoms with Gasteiger partial charge in [0.1, 0.15) is 0 Å². The maximum absolute atomic E-state index is 12.2. The van der Waals surface area contributed by atoms with Gasteiger partial charge in [0.2, 0.25) is 15.9 Å². The summed E-state index contributed by atoms with van der Waals surface area (Å²) in [5.74, 6) is -0.139. The summed E-state index contributed by atoms with van der Waals surface area (Å²) in [6, 6.07) is 7.65. The van der Waals surface area contributed by atoms with Crippen molar-refractivity contribution in [3.05, 3.63) is 29.8 Å². The molecule has 1 aliphatic heterocycles. The Bertz CT molecular complexity index is 598. The highest BCUT2D eigenvalue weighted by Gasteiger charge is 2.31. The van der Waals surface area contributed by atoms with Crippen molar-refractivity contribution in [3.63, 3.8) is 0 Å². The highest BCUT2D eigenvalue weighted by atomic mass is 32.2. The van der Waals surface area contributed by atoms with Crippen LogP contribution in [-0.2, 0) is 14.8 Å². The van der Waals surface area contributed by atoms with Crippen molar-refractivity contribution in [1.82, 2.24) is 4.72 Å². The maximum Gasteiger partial charge on any atom is 0.241 e. The summed E-state index contributed by atoms with van der Waals surface area (Å²) < 4.78 is 26.1. The van der Waals surface area contributed by atoms with Gasteiger partial charge in [-0.3, -0.25) is 9.52 Å². The lowest BCUT2D eigenvalue weighted by molar-refractivity contribution is -0.120. The number of rotatable bonds is 5. The van der Waals surface area contributed by atoms with Crippen LogP contribution in [0.25, 0.3) is 0 Å². The van der Waals surface area contributed by atoms with Crippen LogP contribution < -0.4 is 4.72 Å². The Morgan fingerprint density at radius 3 is 2.85 bits per heavy atom. The Balaban J connectivity index is 2.07. The lowest BCUT2D eigenvalue weighted by atomic mass is 10.0. The van der Waals surface area contributed by atoms with Crippen LogP contribution in [0, 0.1) is 5.92 Å². The molecule has 0 radical (unpaired) electrons. The Kier molecular flexibility index (Phi) is 4.75. The number of hydrogen-bond donors (Lipinski definition) is 1. The Labute approximate surface area is 124 Å². The van der Waals surface area contributed by atoms with Crippen LogP contribution >= 0.6 is 11.8 Å². The van der Waals surface area contributed by atoms with Gasteiger partial charge in [-0.25, -0.2) is 8.42 Å². The quantitative estimate of drug-likeness (QED) is 0.906. The van der Waals surface area contributed by atoms with Crippen molar-refractivity contribution in [2.24, 2.45) is 5.92 Å². The van der Waals surface area contributed by atoms with Crippen LogP contribution in [0.4, 0.5) is 0 Å². The van der Waals surface area contributed by atoms with Gasteiger partial charge in [-0.2, -0.15) is 0 Å². The van der Waals surface area contributed by atoms with E-state index in [1.165, 1.54) is 0 Å². The third-order valence-electron chi connectivity index (χ3n) is 3.47. The van der Waals surface area contributed by atoms with Crippen LogP contribution in [-0.4, -0.2) is 25.8 Å². The van der Waals surface area contributed by atoms with E-state index in [2.05, 4.69) is 4.72 Å². The fraction of sp³-hybridized carbons (Fsp3) is 0.500. The lowest BCUT2D eigenvalue weighted by Gasteiger charge is -2.14. The monoisotopic (exact) mass is 313 g/mol. The third-order valence-corrected chi connectivity index (χ3v) is 6.18. The molecule has 1 heterocycles. The number of carbonyl (C=O) groups excluding carboxylic acids is 1. The van der Waals surface area contributed by atoms with Crippen molar-refractivity contribution in [2.75, 3.05) is 11.5 Å². The molecule has 1 N–H and O–H groups in total. The van der Waals surface area contributed by atoms with Gasteiger partial charge >= 0.3 is 0 Å². The molecule has 1 aromatic carbocycles. The van der Waals surface area contributed by atoms with E-state index in [9.17, 15) is 13.2 Å². The maximum atomic E-state index is 12.2. The highest BCUT2D eigenvalue weighted by Crippen LogP contribution is 2.39. The SMILES string of the molecule is CCC(C)CS(=O)(=O)NC(=O)C1CSc2ccccc21. The molecular formula is C14H19NO3S2. The summed E-state index contributed by atoms with van der Waals surface area (Å²) in [5, 5.41) is 0. The molecule has 1 aliphatic rings. The van der Waals surface area contributed by atoms with E-state index < -0.39 is 15.9 Å². The number of carbonyl (C=O) groups is 1. The van der Waals surface area contributed by atoms with Crippen LogP contribution in [0.5, 0.6) is 0 Å². The smallest absolute Gasteiger partial charge is 0.241 e. The molecule has 4 nitrogen and oxygen atoms in total. The molecule has 2 unspecified atom stereocenters. The van der Waals surface area contributed by atoms with Gasteiger partial charge in [0.15, 0.2) is 0 Å². The topological polar surface area (TPSA) is 63.2 Å². The van der Waals surface area contributed by atoms with Crippen molar-refractivity contribution in [2.45, 2.75) is 31.1 Å². The molecule has 0 saturated carbocycles. The lowest BCUT2D eigenvalue weighted by Crippen LogP contribution is -2.37. The van der Waals surface area contributed by atoms with Crippen LogP contribution in [0.1, 0.15) is 31.7 Å². The first-order chi connectivity index (χ1) is 9.43. The van der Waals surface area contributed by atoms with Gasteiger partial charge in [-0.1, -0.05) is 38.5 Å². The summed E-state index contributed by atoms with van der Waals surface area (Å²) in [5.41, 5.74) is 0.925. The number of thioether (sulfide) groups is 1. The minimum atomic E-state index is -3.54. The molecule has 20 heavy (non-hydrogen) atoms. The largest absolute Gasteiger partial charge is 0.273 e. The first kappa shape index (κ1) is 15.4. The number of hydrogen-bond acceptors (Lipinski definition) is 4. The molecule has 1 aromatic rings. The molecule has 0 fully saturated rings. The van der Waals surface area contributed by atoms with Crippen LogP contribution in [0.2, 0.25) is 0 Å². The number of nitrogens with one attached hydrogen (secondary N) is 1. The summed E-state index contributed by atoms with van der Waals surface area (Å²) in [6.07, 6.45) is 0.775. The van der Waals surface area contributed by atoms with Gasteiger partial charge < -0.3 is 0 Å². The zero-order valence-corrected chi connectivity index (χ0v) is 13.3. The molecule has 0 aromatic heterocycles. The molecule has 2 atom stereocenters. The number of benzene rings is 1. The van der Waals surface area contributed by atoms with E-state index in [0.29, 0.717) is 5.75 Å². The first-order valence-electron chi connectivity index (χ1n) is 6.69. The van der Waals surface area contributed by atoms with E-state index in [4.69, 9.17) is 0 Å². The summed E-state index contributed by atoms with van der Waals surface area (Å²) in [4.78, 5) is 13.3. The van der Waals surface area contributed by atoms with Gasteiger partial charge in [-0.05, 0) is 17.5 Å². The summed E-state index contributed by atoms with van der Waals surface area (Å²) >= 11 is 1.59. The molecule has 0 bridgehead atoms. The van der Waals surface area contributed by atoms with Crippen LogP contribution in [0.3, 0.4) is 0 Å². The Morgan fingerprint density at radius 2 is 2.15 bits per heavy atom. The molecule has 0 aliphatic carbocycles. The average Bonchev–Trinajstić information content (AvgIpc) is 2.81. The third kappa shape index (κ3) is 3.55. The molecule has 2 rings (SSSR count). The predicted octanol–water partition coefficient (Wildman–Crippen LogP) is 2.37. The normalized spacial score (nSPS) is 19.4. The molecule has 1 amide bonds. The van der Waals surface area contributed by atoms with Gasteiger partial charge in [0.25, 0.3) is 0 Å². The van der Waals surface area contributed by atoms with E-state index in [0.717, 1.165) is 16.9 Å². The Morgan fingerprint density at radius 1 is 1.45 bits per heavy atom. The predicted molar refractivity (Wildman–Crippen MR) is 81.3 cm³/mol. The van der Waals surface area contributed by atoms with E-state index >= 15 is 0 Å². The molecule has 110 valence electrons.